The summed E-state index contributed by atoms with van der Waals surface area (Å²) in [5.41, 5.74) is 0.694. The van der Waals surface area contributed by atoms with Crippen LogP contribution in [-0.4, -0.2) is 15.8 Å². The Labute approximate surface area is 65.1 Å². The Kier molecular flexibility index (Phi) is 1.31. The van der Waals surface area contributed by atoms with Gasteiger partial charge in [0.25, 0.3) is 0 Å². The number of carbonyl (C=O) groups excluding carboxylic acids is 1. The van der Waals surface area contributed by atoms with E-state index in [4.69, 9.17) is 0 Å². The molecule has 0 radical (unpaired) electrons. The third-order valence-corrected chi connectivity index (χ3v) is 2.24. The third-order valence-electron chi connectivity index (χ3n) is 2.24. The molecule has 3 heteroatoms. The van der Waals surface area contributed by atoms with Gasteiger partial charge in [0.2, 0.25) is 0 Å². The maximum absolute atomic E-state index is 10.5. The first-order chi connectivity index (χ1) is 5.33. The number of imidazole rings is 1. The summed E-state index contributed by atoms with van der Waals surface area (Å²) in [4.78, 5) is 14.4. The van der Waals surface area contributed by atoms with Gasteiger partial charge in [0, 0.05) is 6.04 Å². The molecule has 1 aromatic heterocycles. The van der Waals surface area contributed by atoms with Gasteiger partial charge in [0.1, 0.15) is 5.69 Å². The topological polar surface area (TPSA) is 34.9 Å². The zero-order chi connectivity index (χ0) is 7.84. The smallest absolute Gasteiger partial charge is 0.168 e. The standard InChI is InChI=1S/C8H10N2O/c1-6-2-8(6)10-5-9-3-7(10)4-11/h3-6,8H,2H2,1H3. The van der Waals surface area contributed by atoms with E-state index in [9.17, 15) is 4.79 Å². The minimum absolute atomic E-state index is 0.526. The van der Waals surface area contributed by atoms with Crippen LogP contribution >= 0.6 is 0 Å². The van der Waals surface area contributed by atoms with Crippen LogP contribution in [0.25, 0.3) is 0 Å². The van der Waals surface area contributed by atoms with Crippen LogP contribution < -0.4 is 0 Å². The van der Waals surface area contributed by atoms with E-state index in [0.717, 1.165) is 6.29 Å². The Morgan fingerprint density at radius 1 is 1.82 bits per heavy atom. The Bertz CT molecular complexity index is 279. The van der Waals surface area contributed by atoms with Crippen molar-refractivity contribution in [3.05, 3.63) is 18.2 Å². The van der Waals surface area contributed by atoms with Crippen molar-refractivity contribution in [3.8, 4) is 0 Å². The highest BCUT2D eigenvalue weighted by Gasteiger charge is 2.35. The summed E-state index contributed by atoms with van der Waals surface area (Å²) in [6.07, 6.45) is 5.38. The van der Waals surface area contributed by atoms with Gasteiger partial charge >= 0.3 is 0 Å². The summed E-state index contributed by atoms with van der Waals surface area (Å²) in [7, 11) is 0. The molecule has 0 bridgehead atoms. The van der Waals surface area contributed by atoms with Gasteiger partial charge in [-0.05, 0) is 12.3 Å². The van der Waals surface area contributed by atoms with E-state index in [1.807, 2.05) is 4.57 Å². The van der Waals surface area contributed by atoms with Crippen molar-refractivity contribution in [2.24, 2.45) is 5.92 Å². The second-order valence-electron chi connectivity index (χ2n) is 3.12. The van der Waals surface area contributed by atoms with Gasteiger partial charge in [0.05, 0.1) is 12.5 Å². The Morgan fingerprint density at radius 3 is 3.09 bits per heavy atom. The lowest BCUT2D eigenvalue weighted by Crippen LogP contribution is -1.98. The zero-order valence-electron chi connectivity index (χ0n) is 6.40. The monoisotopic (exact) mass is 150 g/mol. The summed E-state index contributed by atoms with van der Waals surface area (Å²) in [5.74, 6) is 0.711. The van der Waals surface area contributed by atoms with E-state index in [1.54, 1.807) is 12.5 Å². The number of rotatable bonds is 2. The fraction of sp³-hybridized carbons (Fsp3) is 0.500. The molecule has 1 aliphatic rings. The maximum atomic E-state index is 10.5. The van der Waals surface area contributed by atoms with Crippen molar-refractivity contribution in [3.63, 3.8) is 0 Å². The molecule has 0 saturated heterocycles. The van der Waals surface area contributed by atoms with Crippen LogP contribution in [0.1, 0.15) is 29.9 Å². The second kappa shape index (κ2) is 2.19. The van der Waals surface area contributed by atoms with Crippen molar-refractivity contribution < 1.29 is 4.79 Å². The van der Waals surface area contributed by atoms with E-state index in [0.29, 0.717) is 17.7 Å². The molecular weight excluding hydrogens is 140 g/mol. The highest BCUT2D eigenvalue weighted by atomic mass is 16.1. The second-order valence-corrected chi connectivity index (χ2v) is 3.12. The quantitative estimate of drug-likeness (QED) is 0.595. The van der Waals surface area contributed by atoms with Gasteiger partial charge in [-0.3, -0.25) is 4.79 Å². The van der Waals surface area contributed by atoms with Crippen LogP contribution in [0.4, 0.5) is 0 Å². The fourth-order valence-corrected chi connectivity index (χ4v) is 1.37. The average Bonchev–Trinajstić information content (AvgIpc) is 2.58. The molecule has 1 aromatic rings. The first-order valence-electron chi connectivity index (χ1n) is 3.80. The predicted octanol–water partition coefficient (Wildman–Crippen LogP) is 1.28. The fourth-order valence-electron chi connectivity index (χ4n) is 1.37. The van der Waals surface area contributed by atoms with Gasteiger partial charge in [-0.2, -0.15) is 0 Å². The van der Waals surface area contributed by atoms with Gasteiger partial charge in [-0.15, -0.1) is 0 Å². The molecule has 58 valence electrons. The molecule has 0 amide bonds. The molecule has 2 atom stereocenters. The lowest BCUT2D eigenvalue weighted by Gasteiger charge is -1.99. The first kappa shape index (κ1) is 6.58. The normalized spacial score (nSPS) is 28.5. The van der Waals surface area contributed by atoms with Crippen LogP contribution in [0.15, 0.2) is 12.5 Å². The van der Waals surface area contributed by atoms with E-state index < -0.39 is 0 Å². The van der Waals surface area contributed by atoms with Crippen molar-refractivity contribution in [2.75, 3.05) is 0 Å². The minimum Gasteiger partial charge on any atom is -0.325 e. The van der Waals surface area contributed by atoms with Crippen molar-refractivity contribution in [1.29, 1.82) is 0 Å². The Hall–Kier alpha value is -1.12. The van der Waals surface area contributed by atoms with E-state index in [1.165, 1.54) is 6.42 Å². The van der Waals surface area contributed by atoms with E-state index in [2.05, 4.69) is 11.9 Å². The minimum atomic E-state index is 0.526. The molecular formula is C8H10N2O. The SMILES string of the molecule is CC1CC1n1cncc1C=O. The molecule has 0 spiro atoms. The summed E-state index contributed by atoms with van der Waals surface area (Å²) in [6.45, 7) is 2.18. The molecule has 0 aliphatic heterocycles. The number of nitrogens with zero attached hydrogens (tertiary/aromatic N) is 2. The van der Waals surface area contributed by atoms with Crippen LogP contribution in [0.5, 0.6) is 0 Å². The number of aldehydes is 1. The van der Waals surface area contributed by atoms with Crippen LogP contribution in [0.3, 0.4) is 0 Å². The van der Waals surface area contributed by atoms with Crippen LogP contribution in [0, 0.1) is 5.92 Å². The average molecular weight is 150 g/mol. The molecule has 2 rings (SSSR count). The molecule has 1 heterocycles. The summed E-state index contributed by atoms with van der Waals surface area (Å²) in [6, 6.07) is 0.526. The van der Waals surface area contributed by atoms with Crippen molar-refractivity contribution in [2.45, 2.75) is 19.4 Å². The third kappa shape index (κ3) is 0.964. The Morgan fingerprint density at radius 2 is 2.55 bits per heavy atom. The zero-order valence-corrected chi connectivity index (χ0v) is 6.40. The number of carbonyl (C=O) groups is 1. The largest absolute Gasteiger partial charge is 0.325 e. The van der Waals surface area contributed by atoms with E-state index in [-0.39, 0.29) is 0 Å². The molecule has 1 fully saturated rings. The van der Waals surface area contributed by atoms with E-state index >= 15 is 0 Å². The van der Waals surface area contributed by atoms with Gasteiger partial charge in [-0.1, -0.05) is 6.92 Å². The molecule has 1 aliphatic carbocycles. The van der Waals surface area contributed by atoms with Crippen LogP contribution in [-0.2, 0) is 0 Å². The molecule has 0 aromatic carbocycles. The number of hydrogen-bond donors (Lipinski definition) is 0. The van der Waals surface area contributed by atoms with Crippen molar-refractivity contribution in [1.82, 2.24) is 9.55 Å². The first-order valence-corrected chi connectivity index (χ1v) is 3.80. The maximum Gasteiger partial charge on any atom is 0.168 e. The summed E-state index contributed by atoms with van der Waals surface area (Å²) >= 11 is 0. The number of aromatic nitrogens is 2. The van der Waals surface area contributed by atoms with Gasteiger partial charge in [0.15, 0.2) is 6.29 Å². The molecule has 1 saturated carbocycles. The highest BCUT2D eigenvalue weighted by Crippen LogP contribution is 2.42. The molecule has 3 nitrogen and oxygen atoms in total. The van der Waals surface area contributed by atoms with Crippen molar-refractivity contribution >= 4 is 6.29 Å². The molecule has 2 unspecified atom stereocenters. The van der Waals surface area contributed by atoms with Gasteiger partial charge < -0.3 is 4.57 Å². The molecule has 0 N–H and O–H groups in total. The Balaban J connectivity index is 2.29. The molecule has 11 heavy (non-hydrogen) atoms. The summed E-state index contributed by atoms with van der Waals surface area (Å²) < 4.78 is 1.96. The number of hydrogen-bond acceptors (Lipinski definition) is 2. The lowest BCUT2D eigenvalue weighted by atomic mass is 10.4. The van der Waals surface area contributed by atoms with Crippen LogP contribution in [0.2, 0.25) is 0 Å². The highest BCUT2D eigenvalue weighted by molar-refractivity contribution is 5.71. The summed E-state index contributed by atoms with van der Waals surface area (Å²) in [5, 5.41) is 0. The lowest BCUT2D eigenvalue weighted by molar-refractivity contribution is 0.111. The van der Waals surface area contributed by atoms with Gasteiger partial charge in [-0.25, -0.2) is 4.98 Å². The predicted molar refractivity (Wildman–Crippen MR) is 40.4 cm³/mol.